The molecular weight excluding hydrogens is 323 g/mol. The van der Waals surface area contributed by atoms with Crippen molar-refractivity contribution in [2.45, 2.75) is 13.5 Å². The standard InChI is InChI=1S/C17H17FN6O/c1-11(25)17-15(19-8-12-4-3-5-13(18)6-12)7-16(22-23-17)21-14-9-20-24(2)10-14/h3-7,9-10H,8H2,1-2H3,(H2,19,21,22). The zero-order chi connectivity index (χ0) is 17.8. The first-order valence-electron chi connectivity index (χ1n) is 7.64. The molecule has 0 radical (unpaired) electrons. The van der Waals surface area contributed by atoms with Gasteiger partial charge in [0.1, 0.15) is 5.82 Å². The van der Waals surface area contributed by atoms with Crippen LogP contribution in [0.2, 0.25) is 0 Å². The molecule has 0 aliphatic rings. The fourth-order valence-electron chi connectivity index (χ4n) is 2.33. The molecule has 2 heterocycles. The van der Waals surface area contributed by atoms with Crippen LogP contribution in [0.15, 0.2) is 42.7 Å². The number of halogens is 1. The number of aromatic nitrogens is 4. The van der Waals surface area contributed by atoms with Crippen molar-refractivity contribution in [3.63, 3.8) is 0 Å². The summed E-state index contributed by atoms with van der Waals surface area (Å²) >= 11 is 0. The van der Waals surface area contributed by atoms with Crippen LogP contribution in [-0.2, 0) is 13.6 Å². The Morgan fingerprint density at radius 1 is 1.28 bits per heavy atom. The molecule has 8 heteroatoms. The number of carbonyl (C=O) groups is 1. The van der Waals surface area contributed by atoms with E-state index in [-0.39, 0.29) is 17.3 Å². The second-order valence-electron chi connectivity index (χ2n) is 5.56. The van der Waals surface area contributed by atoms with Crippen molar-refractivity contribution in [1.29, 1.82) is 0 Å². The summed E-state index contributed by atoms with van der Waals surface area (Å²) in [5.41, 5.74) is 2.27. The minimum absolute atomic E-state index is 0.206. The summed E-state index contributed by atoms with van der Waals surface area (Å²) in [5.74, 6) is -0.0419. The molecule has 0 atom stereocenters. The number of benzene rings is 1. The predicted octanol–water partition coefficient (Wildman–Crippen LogP) is 2.91. The summed E-state index contributed by atoms with van der Waals surface area (Å²) in [5, 5.41) is 18.3. The first-order valence-corrected chi connectivity index (χ1v) is 7.64. The highest BCUT2D eigenvalue weighted by Gasteiger charge is 2.12. The number of ketones is 1. The largest absolute Gasteiger partial charge is 0.379 e. The summed E-state index contributed by atoms with van der Waals surface area (Å²) < 4.78 is 14.9. The summed E-state index contributed by atoms with van der Waals surface area (Å²) in [7, 11) is 1.81. The smallest absolute Gasteiger partial charge is 0.182 e. The Hall–Kier alpha value is -3.29. The van der Waals surface area contributed by atoms with Crippen LogP contribution < -0.4 is 10.6 Å². The lowest BCUT2D eigenvalue weighted by Gasteiger charge is -2.11. The molecule has 2 N–H and O–H groups in total. The molecule has 0 unspecified atom stereocenters. The lowest BCUT2D eigenvalue weighted by Crippen LogP contribution is -2.09. The molecule has 0 amide bonds. The molecule has 3 aromatic rings. The van der Waals surface area contributed by atoms with Gasteiger partial charge in [0.25, 0.3) is 0 Å². The van der Waals surface area contributed by atoms with Crippen molar-refractivity contribution < 1.29 is 9.18 Å². The molecule has 0 aliphatic heterocycles. The fraction of sp³-hybridized carbons (Fsp3) is 0.176. The Kier molecular flexibility index (Phi) is 4.69. The van der Waals surface area contributed by atoms with E-state index in [0.29, 0.717) is 18.1 Å². The highest BCUT2D eigenvalue weighted by atomic mass is 19.1. The van der Waals surface area contributed by atoms with Crippen molar-refractivity contribution in [2.75, 3.05) is 10.6 Å². The lowest BCUT2D eigenvalue weighted by atomic mass is 10.2. The quantitative estimate of drug-likeness (QED) is 0.671. The van der Waals surface area contributed by atoms with Crippen LogP contribution in [0.25, 0.3) is 0 Å². The molecule has 25 heavy (non-hydrogen) atoms. The molecule has 3 rings (SSSR count). The van der Waals surface area contributed by atoms with Gasteiger partial charge in [0.05, 0.1) is 17.6 Å². The van der Waals surface area contributed by atoms with Crippen LogP contribution in [0.1, 0.15) is 23.0 Å². The Morgan fingerprint density at radius 2 is 2.12 bits per heavy atom. The second kappa shape index (κ2) is 7.08. The molecule has 7 nitrogen and oxygen atoms in total. The first kappa shape index (κ1) is 16.6. The summed E-state index contributed by atoms with van der Waals surface area (Å²) in [6.45, 7) is 1.78. The second-order valence-corrected chi connectivity index (χ2v) is 5.56. The summed E-state index contributed by atoms with van der Waals surface area (Å²) in [4.78, 5) is 11.8. The molecule has 0 saturated heterocycles. The van der Waals surface area contributed by atoms with Gasteiger partial charge in [-0.15, -0.1) is 10.2 Å². The molecule has 0 bridgehead atoms. The maximum atomic E-state index is 13.3. The van der Waals surface area contributed by atoms with Gasteiger partial charge in [-0.25, -0.2) is 4.39 Å². The average Bonchev–Trinajstić information content (AvgIpc) is 2.98. The third-order valence-electron chi connectivity index (χ3n) is 3.48. The maximum absolute atomic E-state index is 13.3. The van der Waals surface area contributed by atoms with Gasteiger partial charge in [-0.3, -0.25) is 9.48 Å². The van der Waals surface area contributed by atoms with Crippen LogP contribution in [0.4, 0.5) is 21.6 Å². The predicted molar refractivity (Wildman–Crippen MR) is 92.3 cm³/mol. The Bertz CT molecular complexity index is 908. The number of nitrogens with zero attached hydrogens (tertiary/aromatic N) is 4. The van der Waals surface area contributed by atoms with Crippen molar-refractivity contribution in [3.8, 4) is 0 Å². The zero-order valence-electron chi connectivity index (χ0n) is 13.8. The number of anilines is 3. The van der Waals surface area contributed by atoms with Crippen molar-refractivity contribution in [2.24, 2.45) is 7.05 Å². The zero-order valence-corrected chi connectivity index (χ0v) is 13.8. The van der Waals surface area contributed by atoms with Crippen LogP contribution >= 0.6 is 0 Å². The topological polar surface area (TPSA) is 84.7 Å². The van der Waals surface area contributed by atoms with Crippen LogP contribution in [-0.4, -0.2) is 25.8 Å². The van der Waals surface area contributed by atoms with Crippen LogP contribution in [0, 0.1) is 5.82 Å². The highest BCUT2D eigenvalue weighted by molar-refractivity contribution is 5.97. The minimum Gasteiger partial charge on any atom is -0.379 e. The fourth-order valence-corrected chi connectivity index (χ4v) is 2.33. The van der Waals surface area contributed by atoms with E-state index >= 15 is 0 Å². The number of carbonyl (C=O) groups excluding carboxylic acids is 1. The van der Waals surface area contributed by atoms with E-state index in [4.69, 9.17) is 0 Å². The van der Waals surface area contributed by atoms with Gasteiger partial charge >= 0.3 is 0 Å². The lowest BCUT2D eigenvalue weighted by molar-refractivity contribution is 0.101. The molecule has 0 saturated carbocycles. The van der Waals surface area contributed by atoms with Crippen molar-refractivity contribution in [1.82, 2.24) is 20.0 Å². The number of aryl methyl sites for hydroxylation is 1. The summed E-state index contributed by atoms with van der Waals surface area (Å²) in [6.07, 6.45) is 3.45. The van der Waals surface area contributed by atoms with Crippen molar-refractivity contribution in [3.05, 3.63) is 59.8 Å². The van der Waals surface area contributed by atoms with E-state index in [1.54, 1.807) is 35.3 Å². The highest BCUT2D eigenvalue weighted by Crippen LogP contribution is 2.21. The van der Waals surface area contributed by atoms with Gasteiger partial charge in [-0.2, -0.15) is 5.10 Å². The van der Waals surface area contributed by atoms with Gasteiger partial charge in [0, 0.05) is 32.8 Å². The third kappa shape index (κ3) is 4.17. The molecular formula is C17H17FN6O. The normalized spacial score (nSPS) is 10.5. The van der Waals surface area contributed by atoms with Gasteiger partial charge < -0.3 is 10.6 Å². The molecule has 1 aromatic carbocycles. The van der Waals surface area contributed by atoms with Gasteiger partial charge in [-0.1, -0.05) is 12.1 Å². The molecule has 0 spiro atoms. The van der Waals surface area contributed by atoms with E-state index in [1.165, 1.54) is 19.1 Å². The van der Waals surface area contributed by atoms with Crippen molar-refractivity contribution >= 4 is 23.0 Å². The van der Waals surface area contributed by atoms with Gasteiger partial charge in [-0.05, 0) is 17.7 Å². The first-order chi connectivity index (χ1) is 12.0. The van der Waals surface area contributed by atoms with E-state index in [0.717, 1.165) is 11.3 Å². The number of rotatable bonds is 6. The number of Topliss-reactive ketones (excluding diaryl/α,β-unsaturated/α-hetero) is 1. The average molecular weight is 340 g/mol. The van der Waals surface area contributed by atoms with E-state index in [2.05, 4.69) is 25.9 Å². The van der Waals surface area contributed by atoms with Gasteiger partial charge in [0.15, 0.2) is 17.3 Å². The maximum Gasteiger partial charge on any atom is 0.182 e. The Morgan fingerprint density at radius 3 is 2.80 bits per heavy atom. The number of nitrogens with one attached hydrogen (secondary N) is 2. The Labute approximate surface area is 143 Å². The monoisotopic (exact) mass is 340 g/mol. The van der Waals surface area contributed by atoms with Crippen LogP contribution in [0.5, 0.6) is 0 Å². The SMILES string of the molecule is CC(=O)c1nnc(Nc2cnn(C)c2)cc1NCc1cccc(F)c1. The third-order valence-corrected chi connectivity index (χ3v) is 3.48. The van der Waals surface area contributed by atoms with E-state index in [1.807, 2.05) is 7.05 Å². The summed E-state index contributed by atoms with van der Waals surface area (Å²) in [6, 6.07) is 7.94. The number of hydrogen-bond donors (Lipinski definition) is 2. The molecule has 2 aromatic heterocycles. The van der Waals surface area contributed by atoms with Crippen LogP contribution in [0.3, 0.4) is 0 Å². The minimum atomic E-state index is -0.308. The van der Waals surface area contributed by atoms with E-state index < -0.39 is 0 Å². The van der Waals surface area contributed by atoms with Gasteiger partial charge in [0.2, 0.25) is 0 Å². The number of hydrogen-bond acceptors (Lipinski definition) is 6. The molecule has 0 fully saturated rings. The molecule has 0 aliphatic carbocycles. The molecule has 128 valence electrons. The van der Waals surface area contributed by atoms with E-state index in [9.17, 15) is 9.18 Å². The Balaban J connectivity index is 1.81.